The Morgan fingerprint density at radius 3 is 2.76 bits per heavy atom. The first-order valence-corrected chi connectivity index (χ1v) is 10.7. The van der Waals surface area contributed by atoms with Crippen molar-refractivity contribution in [3.8, 4) is 5.75 Å². The highest BCUT2D eigenvalue weighted by atomic mass is 35.5. The maximum atomic E-state index is 12.2. The molecule has 10 heteroatoms. The van der Waals surface area contributed by atoms with Gasteiger partial charge < -0.3 is 10.1 Å². The van der Waals surface area contributed by atoms with Crippen LogP contribution in [-0.4, -0.2) is 31.4 Å². The molecule has 1 N–H and O–H groups in total. The minimum atomic E-state index is -0.177. The molecule has 2 heterocycles. The van der Waals surface area contributed by atoms with Crippen LogP contribution >= 0.6 is 35.0 Å². The fourth-order valence-corrected chi connectivity index (χ4v) is 3.79. The zero-order valence-corrected chi connectivity index (χ0v) is 17.5. The first kappa shape index (κ1) is 20.0. The molecule has 0 spiro atoms. The number of halogens is 2. The zero-order chi connectivity index (χ0) is 20.2. The van der Waals surface area contributed by atoms with Crippen LogP contribution in [0.4, 0.5) is 5.82 Å². The summed E-state index contributed by atoms with van der Waals surface area (Å²) in [6, 6.07) is 11.0. The average molecular weight is 450 g/mol. The molecule has 0 aliphatic heterocycles. The van der Waals surface area contributed by atoms with Gasteiger partial charge in [-0.1, -0.05) is 47.1 Å². The van der Waals surface area contributed by atoms with E-state index in [0.717, 1.165) is 18.7 Å². The number of hydrogen-bond acceptors (Lipinski definition) is 6. The molecular formula is C19H17Cl2N5O2S. The first-order valence-electron chi connectivity index (χ1n) is 8.95. The van der Waals surface area contributed by atoms with Crippen LogP contribution < -0.4 is 10.1 Å². The van der Waals surface area contributed by atoms with Crippen LogP contribution in [0.5, 0.6) is 5.75 Å². The first-order chi connectivity index (χ1) is 14.1. The largest absolute Gasteiger partial charge is 0.484 e. The second kappa shape index (κ2) is 9.02. The Kier molecular flexibility index (Phi) is 6.22. The normalized spacial score (nSPS) is 13.3. The van der Waals surface area contributed by atoms with Gasteiger partial charge >= 0.3 is 0 Å². The van der Waals surface area contributed by atoms with Crippen molar-refractivity contribution in [3.63, 3.8) is 0 Å². The maximum Gasteiger partial charge on any atom is 0.236 e. The number of carbonyl (C=O) groups is 1. The summed E-state index contributed by atoms with van der Waals surface area (Å²) < 4.78 is 7.86. The molecular weight excluding hydrogens is 433 g/mol. The van der Waals surface area contributed by atoms with Crippen molar-refractivity contribution in [1.82, 2.24) is 19.7 Å². The third-order valence-electron chi connectivity index (χ3n) is 4.17. The van der Waals surface area contributed by atoms with Crippen LogP contribution in [0.2, 0.25) is 10.0 Å². The van der Waals surface area contributed by atoms with Gasteiger partial charge in [0.2, 0.25) is 5.91 Å². The van der Waals surface area contributed by atoms with E-state index in [9.17, 15) is 4.79 Å². The number of carbonyl (C=O) groups excluding carboxylic acids is 1. The van der Waals surface area contributed by atoms with E-state index >= 15 is 0 Å². The number of benzene rings is 1. The number of anilines is 1. The van der Waals surface area contributed by atoms with Gasteiger partial charge in [0.15, 0.2) is 11.0 Å². The molecule has 0 bridgehead atoms. The topological polar surface area (TPSA) is 81.9 Å². The van der Waals surface area contributed by atoms with Crippen LogP contribution in [-0.2, 0) is 11.4 Å². The van der Waals surface area contributed by atoms with Crippen LogP contribution in [0, 0.1) is 0 Å². The Morgan fingerprint density at radius 2 is 2.03 bits per heavy atom. The van der Waals surface area contributed by atoms with Crippen LogP contribution in [0.15, 0.2) is 47.8 Å². The molecule has 4 rings (SSSR count). The number of pyridine rings is 1. The molecule has 0 atom stereocenters. The van der Waals surface area contributed by atoms with E-state index in [1.807, 2.05) is 18.2 Å². The Morgan fingerprint density at radius 1 is 1.21 bits per heavy atom. The molecule has 1 aliphatic rings. The molecule has 1 saturated carbocycles. The van der Waals surface area contributed by atoms with E-state index < -0.39 is 0 Å². The highest BCUT2D eigenvalue weighted by molar-refractivity contribution is 7.99. The molecule has 0 saturated heterocycles. The Hall–Kier alpha value is -2.29. The molecule has 1 aromatic carbocycles. The minimum Gasteiger partial charge on any atom is -0.484 e. The standard InChI is InChI=1S/C19H17Cl2N5O2S/c20-12-5-8-16(22-9-12)23-18(27)11-29-19-25-24-17(26(19)13-6-7-13)10-28-15-4-2-1-3-14(15)21/h1-5,8-9,13H,6-7,10-11H2,(H,22,23,27). The van der Waals surface area contributed by atoms with Crippen molar-refractivity contribution in [1.29, 1.82) is 0 Å². The lowest BCUT2D eigenvalue weighted by atomic mass is 10.3. The van der Waals surface area contributed by atoms with E-state index in [2.05, 4.69) is 25.1 Å². The number of aromatic nitrogens is 4. The van der Waals surface area contributed by atoms with Gasteiger partial charge in [-0.05, 0) is 37.1 Å². The number of thioether (sulfide) groups is 1. The highest BCUT2D eigenvalue weighted by Crippen LogP contribution is 2.39. The van der Waals surface area contributed by atoms with E-state index in [-0.39, 0.29) is 18.3 Å². The summed E-state index contributed by atoms with van der Waals surface area (Å²) in [4.78, 5) is 16.3. The van der Waals surface area contributed by atoms with Crippen molar-refractivity contribution in [2.24, 2.45) is 0 Å². The number of nitrogens with one attached hydrogen (secondary N) is 1. The van der Waals surface area contributed by atoms with Crippen LogP contribution in [0.3, 0.4) is 0 Å². The number of para-hydroxylation sites is 1. The maximum absolute atomic E-state index is 12.2. The summed E-state index contributed by atoms with van der Waals surface area (Å²) >= 11 is 13.3. The van der Waals surface area contributed by atoms with Gasteiger partial charge in [0, 0.05) is 12.2 Å². The summed E-state index contributed by atoms with van der Waals surface area (Å²) in [7, 11) is 0. The van der Waals surface area contributed by atoms with E-state index in [4.69, 9.17) is 27.9 Å². The lowest BCUT2D eigenvalue weighted by Crippen LogP contribution is -2.15. The van der Waals surface area contributed by atoms with Crippen molar-refractivity contribution >= 4 is 46.7 Å². The van der Waals surface area contributed by atoms with Crippen molar-refractivity contribution < 1.29 is 9.53 Å². The summed E-state index contributed by atoms with van der Waals surface area (Å²) in [6.45, 7) is 0.259. The van der Waals surface area contributed by atoms with Gasteiger partial charge in [0.05, 0.1) is 15.8 Å². The van der Waals surface area contributed by atoms with E-state index in [0.29, 0.717) is 32.8 Å². The molecule has 1 amide bonds. The third kappa shape index (κ3) is 5.20. The number of amides is 1. The predicted molar refractivity (Wildman–Crippen MR) is 113 cm³/mol. The molecule has 150 valence electrons. The Balaban J connectivity index is 1.38. The summed E-state index contributed by atoms with van der Waals surface area (Å²) in [5.74, 6) is 1.79. The molecule has 2 aromatic heterocycles. The molecule has 3 aromatic rings. The minimum absolute atomic E-state index is 0.177. The van der Waals surface area contributed by atoms with Crippen LogP contribution in [0.1, 0.15) is 24.7 Å². The van der Waals surface area contributed by atoms with Gasteiger partial charge in [0.25, 0.3) is 0 Å². The quantitative estimate of drug-likeness (QED) is 0.505. The van der Waals surface area contributed by atoms with E-state index in [1.54, 1.807) is 18.2 Å². The zero-order valence-electron chi connectivity index (χ0n) is 15.2. The molecule has 0 unspecified atom stereocenters. The summed E-state index contributed by atoms with van der Waals surface area (Å²) in [6.07, 6.45) is 3.61. The second-order valence-electron chi connectivity index (χ2n) is 6.42. The smallest absolute Gasteiger partial charge is 0.236 e. The average Bonchev–Trinajstić information content (AvgIpc) is 3.47. The SMILES string of the molecule is O=C(CSc1nnc(COc2ccccc2Cl)n1C1CC1)Nc1ccc(Cl)cn1. The lowest BCUT2D eigenvalue weighted by molar-refractivity contribution is -0.113. The lowest BCUT2D eigenvalue weighted by Gasteiger charge is -2.10. The molecule has 29 heavy (non-hydrogen) atoms. The fraction of sp³-hybridized carbons (Fsp3) is 0.263. The molecule has 1 fully saturated rings. The van der Waals surface area contributed by atoms with Crippen LogP contribution in [0.25, 0.3) is 0 Å². The molecule has 1 aliphatic carbocycles. The van der Waals surface area contributed by atoms with Crippen molar-refractivity contribution in [2.75, 3.05) is 11.1 Å². The third-order valence-corrected chi connectivity index (χ3v) is 5.65. The number of ether oxygens (including phenoxy) is 1. The monoisotopic (exact) mass is 449 g/mol. The summed E-state index contributed by atoms with van der Waals surface area (Å²) in [5, 5.41) is 13.0. The van der Waals surface area contributed by atoms with Crippen molar-refractivity contribution in [3.05, 3.63) is 58.5 Å². The molecule has 0 radical (unpaired) electrons. The molecule has 7 nitrogen and oxygen atoms in total. The number of hydrogen-bond donors (Lipinski definition) is 1. The fourth-order valence-electron chi connectivity index (χ4n) is 2.67. The van der Waals surface area contributed by atoms with Crippen molar-refractivity contribution in [2.45, 2.75) is 30.6 Å². The van der Waals surface area contributed by atoms with Gasteiger partial charge in [-0.15, -0.1) is 10.2 Å². The Labute approximate surface area is 181 Å². The number of rotatable bonds is 8. The second-order valence-corrected chi connectivity index (χ2v) is 8.20. The number of nitrogens with zero attached hydrogens (tertiary/aromatic N) is 4. The van der Waals surface area contributed by atoms with Gasteiger partial charge in [-0.2, -0.15) is 0 Å². The van der Waals surface area contributed by atoms with Gasteiger partial charge in [-0.25, -0.2) is 4.98 Å². The van der Waals surface area contributed by atoms with Gasteiger partial charge in [-0.3, -0.25) is 9.36 Å². The summed E-state index contributed by atoms with van der Waals surface area (Å²) in [5.41, 5.74) is 0. The van der Waals surface area contributed by atoms with Gasteiger partial charge in [0.1, 0.15) is 18.2 Å². The highest BCUT2D eigenvalue weighted by Gasteiger charge is 2.30. The predicted octanol–water partition coefficient (Wildman–Crippen LogP) is 4.62. The Bertz CT molecular complexity index is 1010. The van der Waals surface area contributed by atoms with E-state index in [1.165, 1.54) is 18.0 Å².